The predicted octanol–water partition coefficient (Wildman–Crippen LogP) is 2.71. The lowest BCUT2D eigenvalue weighted by molar-refractivity contribution is 0.0891. The van der Waals surface area contributed by atoms with E-state index < -0.39 is 6.09 Å². The summed E-state index contributed by atoms with van der Waals surface area (Å²) in [4.78, 5) is 26.6. The molecule has 0 aromatic carbocycles. The van der Waals surface area contributed by atoms with Gasteiger partial charge < -0.3 is 19.3 Å². The molecule has 0 spiro atoms. The highest BCUT2D eigenvalue weighted by Gasteiger charge is 2.41. The van der Waals surface area contributed by atoms with Crippen LogP contribution in [0.25, 0.3) is 22.6 Å². The van der Waals surface area contributed by atoms with Crippen LogP contribution < -0.4 is 4.74 Å². The number of amides is 1. The molecule has 1 fully saturated rings. The lowest BCUT2D eigenvalue weighted by atomic mass is 9.99. The summed E-state index contributed by atoms with van der Waals surface area (Å²) in [6, 6.07) is -0.235. The summed E-state index contributed by atoms with van der Waals surface area (Å²) in [5.74, 6) is 1.24. The lowest BCUT2D eigenvalue weighted by Gasteiger charge is -2.29. The minimum absolute atomic E-state index is 0.118. The van der Waals surface area contributed by atoms with Gasteiger partial charge in [0.25, 0.3) is 0 Å². The van der Waals surface area contributed by atoms with E-state index in [-0.39, 0.29) is 18.1 Å². The summed E-state index contributed by atoms with van der Waals surface area (Å²) in [6.45, 7) is 9.29. The molecule has 1 saturated heterocycles. The minimum atomic E-state index is -0.920. The molecule has 1 N–H and O–H groups in total. The van der Waals surface area contributed by atoms with Crippen molar-refractivity contribution in [1.82, 2.24) is 34.2 Å². The fourth-order valence-electron chi connectivity index (χ4n) is 4.36. The molecular weight excluding hydrogens is 386 g/mol. The van der Waals surface area contributed by atoms with Crippen molar-refractivity contribution >= 4 is 17.3 Å². The van der Waals surface area contributed by atoms with Crippen LogP contribution in [0.3, 0.4) is 0 Å². The van der Waals surface area contributed by atoms with Crippen LogP contribution in [0.4, 0.5) is 4.79 Å². The molecule has 1 aliphatic heterocycles. The first-order chi connectivity index (χ1) is 14.3. The van der Waals surface area contributed by atoms with Gasteiger partial charge in [-0.3, -0.25) is 4.68 Å². The van der Waals surface area contributed by atoms with Crippen molar-refractivity contribution in [1.29, 1.82) is 0 Å². The van der Waals surface area contributed by atoms with Crippen molar-refractivity contribution in [3.8, 4) is 17.3 Å². The van der Waals surface area contributed by atoms with E-state index in [4.69, 9.17) is 9.72 Å². The van der Waals surface area contributed by atoms with Crippen LogP contribution in [-0.4, -0.2) is 64.1 Å². The van der Waals surface area contributed by atoms with Gasteiger partial charge in [0, 0.05) is 32.3 Å². The van der Waals surface area contributed by atoms with E-state index in [9.17, 15) is 9.90 Å². The Morgan fingerprint density at radius 3 is 2.77 bits per heavy atom. The molecule has 160 valence electrons. The van der Waals surface area contributed by atoms with Crippen LogP contribution in [0, 0.1) is 12.8 Å². The molecule has 2 atom stereocenters. The first-order valence-corrected chi connectivity index (χ1v) is 10.2. The molecule has 10 heteroatoms. The minimum Gasteiger partial charge on any atom is -0.470 e. The van der Waals surface area contributed by atoms with Gasteiger partial charge in [0.15, 0.2) is 11.2 Å². The number of ether oxygens (including phenoxy) is 1. The topological polar surface area (TPSA) is 111 Å². The summed E-state index contributed by atoms with van der Waals surface area (Å²) in [7, 11) is 1.91. The maximum Gasteiger partial charge on any atom is 0.407 e. The average molecular weight is 413 g/mol. The molecule has 30 heavy (non-hydrogen) atoms. The van der Waals surface area contributed by atoms with E-state index in [2.05, 4.69) is 15.1 Å². The van der Waals surface area contributed by atoms with E-state index in [0.29, 0.717) is 30.0 Å². The fraction of sp³-hybridized carbons (Fsp3) is 0.550. The second-order valence-electron chi connectivity index (χ2n) is 7.96. The number of carboxylic acid groups (broad SMARTS) is 1. The van der Waals surface area contributed by atoms with Crippen molar-refractivity contribution in [2.24, 2.45) is 13.0 Å². The number of nitrogens with zero attached hydrogens (tertiary/aromatic N) is 7. The molecule has 1 aliphatic rings. The number of aromatic nitrogens is 6. The zero-order valence-corrected chi connectivity index (χ0v) is 17.9. The van der Waals surface area contributed by atoms with Gasteiger partial charge in [-0.05, 0) is 19.8 Å². The van der Waals surface area contributed by atoms with Crippen LogP contribution >= 0.6 is 0 Å². The average Bonchev–Trinajstić information content (AvgIpc) is 3.38. The molecule has 4 rings (SSSR count). The number of rotatable bonds is 5. The Balaban J connectivity index is 1.72. The Bertz CT molecular complexity index is 1090. The predicted molar refractivity (Wildman–Crippen MR) is 110 cm³/mol. The van der Waals surface area contributed by atoms with Gasteiger partial charge in [-0.25, -0.2) is 14.8 Å². The van der Waals surface area contributed by atoms with E-state index in [1.807, 2.05) is 50.2 Å². The highest BCUT2D eigenvalue weighted by molar-refractivity contribution is 5.81. The number of carbonyl (C=O) groups is 1. The first kappa shape index (κ1) is 20.1. The van der Waals surface area contributed by atoms with Crippen molar-refractivity contribution in [2.45, 2.75) is 52.8 Å². The number of aryl methyl sites for hydroxylation is 2. The molecular formula is C20H27N7O3. The van der Waals surface area contributed by atoms with Crippen molar-refractivity contribution < 1.29 is 14.6 Å². The quantitative estimate of drug-likeness (QED) is 0.684. The smallest absolute Gasteiger partial charge is 0.407 e. The third kappa shape index (κ3) is 3.16. The highest BCUT2D eigenvalue weighted by Crippen LogP contribution is 2.32. The zero-order valence-electron chi connectivity index (χ0n) is 17.9. The largest absolute Gasteiger partial charge is 0.470 e. The zero-order chi connectivity index (χ0) is 21.6. The molecule has 3 aromatic heterocycles. The number of likely N-dealkylation sites (tertiary alicyclic amines) is 1. The second-order valence-corrected chi connectivity index (χ2v) is 7.96. The molecule has 3 aromatic rings. The molecule has 4 heterocycles. The van der Waals surface area contributed by atoms with E-state index >= 15 is 0 Å². The van der Waals surface area contributed by atoms with Crippen LogP contribution in [-0.2, 0) is 13.6 Å². The Kier molecular flexibility index (Phi) is 5.08. The SMILES string of the molecule is CCn1ncc(-c2nc3c(OC4CCN(C(=O)O)C4C(C)C)ncnc3n2C)c1C. The monoisotopic (exact) mass is 413 g/mol. The van der Waals surface area contributed by atoms with E-state index in [0.717, 1.165) is 23.6 Å². The second kappa shape index (κ2) is 7.58. The molecule has 0 bridgehead atoms. The molecule has 0 saturated carbocycles. The molecule has 1 amide bonds. The number of hydrogen-bond acceptors (Lipinski definition) is 6. The van der Waals surface area contributed by atoms with Gasteiger partial charge in [-0.1, -0.05) is 13.8 Å². The third-order valence-electron chi connectivity index (χ3n) is 5.85. The Morgan fingerprint density at radius 1 is 1.37 bits per heavy atom. The molecule has 2 unspecified atom stereocenters. The van der Waals surface area contributed by atoms with Gasteiger partial charge in [-0.2, -0.15) is 10.1 Å². The van der Waals surface area contributed by atoms with Crippen LogP contribution in [0.1, 0.15) is 32.9 Å². The number of fused-ring (bicyclic) bond motifs is 1. The van der Waals surface area contributed by atoms with Crippen LogP contribution in [0.5, 0.6) is 5.88 Å². The van der Waals surface area contributed by atoms with Crippen molar-refractivity contribution in [3.05, 3.63) is 18.2 Å². The summed E-state index contributed by atoms with van der Waals surface area (Å²) < 4.78 is 10.1. The summed E-state index contributed by atoms with van der Waals surface area (Å²) in [6.07, 6.45) is 2.68. The lowest BCUT2D eigenvalue weighted by Crippen LogP contribution is -2.44. The van der Waals surface area contributed by atoms with Gasteiger partial charge in [0.05, 0.1) is 17.8 Å². The Morgan fingerprint density at radius 2 is 2.13 bits per heavy atom. The van der Waals surface area contributed by atoms with Gasteiger partial charge in [-0.15, -0.1) is 0 Å². The van der Waals surface area contributed by atoms with Crippen molar-refractivity contribution in [3.63, 3.8) is 0 Å². The molecule has 0 radical (unpaired) electrons. The third-order valence-corrected chi connectivity index (χ3v) is 5.85. The molecule has 0 aliphatic carbocycles. The standard InChI is InChI=1S/C20H27N7O3/c1-6-27-12(4)13(9-23-27)17-24-15-18(25(17)5)21-10-22-19(15)30-14-7-8-26(20(28)29)16(14)11(2)3/h9-11,14,16H,6-8H2,1-5H3,(H,28,29). The molecule has 10 nitrogen and oxygen atoms in total. The summed E-state index contributed by atoms with van der Waals surface area (Å²) >= 11 is 0. The van der Waals surface area contributed by atoms with Gasteiger partial charge in [0.2, 0.25) is 5.88 Å². The summed E-state index contributed by atoms with van der Waals surface area (Å²) in [5, 5.41) is 13.9. The summed E-state index contributed by atoms with van der Waals surface area (Å²) in [5.41, 5.74) is 3.18. The maximum absolute atomic E-state index is 11.6. The highest BCUT2D eigenvalue weighted by atomic mass is 16.5. The van der Waals surface area contributed by atoms with Gasteiger partial charge >= 0.3 is 6.09 Å². The van der Waals surface area contributed by atoms with E-state index in [1.165, 1.54) is 11.2 Å². The normalized spacial score (nSPS) is 19.2. The fourth-order valence-corrected chi connectivity index (χ4v) is 4.36. The van der Waals surface area contributed by atoms with Crippen molar-refractivity contribution in [2.75, 3.05) is 6.54 Å². The van der Waals surface area contributed by atoms with Gasteiger partial charge in [0.1, 0.15) is 18.3 Å². The first-order valence-electron chi connectivity index (χ1n) is 10.2. The maximum atomic E-state index is 11.6. The Hall–Kier alpha value is -3.17. The Labute approximate surface area is 174 Å². The number of imidazole rings is 1. The number of hydrogen-bond donors (Lipinski definition) is 1. The van der Waals surface area contributed by atoms with Crippen LogP contribution in [0.2, 0.25) is 0 Å². The van der Waals surface area contributed by atoms with E-state index in [1.54, 1.807) is 0 Å². The van der Waals surface area contributed by atoms with Crippen LogP contribution in [0.15, 0.2) is 12.5 Å².